The first-order valence-electron chi connectivity index (χ1n) is 6.58. The maximum atomic E-state index is 13.0. The number of halogens is 1. The van der Waals surface area contributed by atoms with Gasteiger partial charge in [0.1, 0.15) is 17.2 Å². The number of hydrogen-bond donors (Lipinski definition) is 2. The molecule has 3 nitrogen and oxygen atoms in total. The maximum Gasteiger partial charge on any atom is 0.138 e. The van der Waals surface area contributed by atoms with E-state index in [0.717, 1.165) is 33.1 Å². The minimum atomic E-state index is -0.266. The first kappa shape index (κ1) is 11.9. The summed E-state index contributed by atoms with van der Waals surface area (Å²) >= 11 is 0. The maximum absolute atomic E-state index is 13.0. The van der Waals surface area contributed by atoms with Crippen molar-refractivity contribution in [3.63, 3.8) is 0 Å². The summed E-state index contributed by atoms with van der Waals surface area (Å²) in [6.07, 6.45) is 1.74. The fraction of sp³-hybridized carbons (Fsp3) is 0. The van der Waals surface area contributed by atoms with Crippen molar-refractivity contribution in [1.29, 1.82) is 0 Å². The molecule has 102 valence electrons. The van der Waals surface area contributed by atoms with E-state index in [9.17, 15) is 9.50 Å². The van der Waals surface area contributed by atoms with E-state index in [-0.39, 0.29) is 11.6 Å². The van der Waals surface area contributed by atoms with Gasteiger partial charge in [-0.2, -0.15) is 0 Å². The number of benzene rings is 2. The molecule has 0 bridgehead atoms. The summed E-state index contributed by atoms with van der Waals surface area (Å²) in [6, 6.07) is 13.6. The van der Waals surface area contributed by atoms with Gasteiger partial charge in [-0.1, -0.05) is 18.2 Å². The van der Waals surface area contributed by atoms with Crippen LogP contribution < -0.4 is 0 Å². The van der Waals surface area contributed by atoms with Crippen LogP contribution in [-0.2, 0) is 0 Å². The van der Waals surface area contributed by atoms with Crippen LogP contribution in [0.4, 0.5) is 4.39 Å². The summed E-state index contributed by atoms with van der Waals surface area (Å²) in [7, 11) is 0. The van der Waals surface area contributed by atoms with E-state index in [1.807, 2.05) is 12.1 Å². The minimum Gasteiger partial charge on any atom is -0.507 e. The number of nitrogens with zero attached hydrogens (tertiary/aromatic N) is 1. The van der Waals surface area contributed by atoms with Gasteiger partial charge in [0.25, 0.3) is 0 Å². The van der Waals surface area contributed by atoms with Gasteiger partial charge in [0.15, 0.2) is 0 Å². The number of pyridine rings is 1. The molecule has 0 aliphatic heterocycles. The standard InChI is InChI=1S/C17H11FN2O/c18-12-6-4-10(5-7-12)11-8-13-16-14(2-1-3-15(16)21)20-17(13)19-9-11/h1-9,21H,(H,19,20). The molecule has 0 amide bonds. The molecule has 0 unspecified atom stereocenters. The Morgan fingerprint density at radius 1 is 1.00 bits per heavy atom. The van der Waals surface area contributed by atoms with Crippen LogP contribution >= 0.6 is 0 Å². The fourth-order valence-corrected chi connectivity index (χ4v) is 2.61. The zero-order valence-corrected chi connectivity index (χ0v) is 11.0. The number of rotatable bonds is 1. The van der Waals surface area contributed by atoms with Crippen LogP contribution in [0.3, 0.4) is 0 Å². The summed E-state index contributed by atoms with van der Waals surface area (Å²) in [5, 5.41) is 11.7. The smallest absolute Gasteiger partial charge is 0.138 e. The van der Waals surface area contributed by atoms with E-state index in [4.69, 9.17) is 0 Å². The lowest BCUT2D eigenvalue weighted by atomic mass is 10.1. The number of phenols is 1. The predicted octanol–water partition coefficient (Wildman–Crippen LogP) is 4.23. The van der Waals surface area contributed by atoms with Gasteiger partial charge in [0, 0.05) is 17.1 Å². The summed E-state index contributed by atoms with van der Waals surface area (Å²) in [4.78, 5) is 7.57. The summed E-state index contributed by atoms with van der Waals surface area (Å²) in [6.45, 7) is 0. The number of hydrogen-bond acceptors (Lipinski definition) is 2. The number of H-pyrrole nitrogens is 1. The van der Waals surface area contributed by atoms with Crippen molar-refractivity contribution in [3.8, 4) is 16.9 Å². The van der Waals surface area contributed by atoms with Gasteiger partial charge in [-0.15, -0.1) is 0 Å². The Labute approximate surface area is 119 Å². The predicted molar refractivity (Wildman–Crippen MR) is 80.7 cm³/mol. The van der Waals surface area contributed by atoms with Gasteiger partial charge in [-0.05, 0) is 35.9 Å². The van der Waals surface area contributed by atoms with Crippen LogP contribution in [0, 0.1) is 5.82 Å². The van der Waals surface area contributed by atoms with Crippen LogP contribution in [0.1, 0.15) is 0 Å². The summed E-state index contributed by atoms with van der Waals surface area (Å²) in [5.41, 5.74) is 3.33. The highest BCUT2D eigenvalue weighted by Gasteiger charge is 2.10. The highest BCUT2D eigenvalue weighted by Crippen LogP contribution is 2.33. The quantitative estimate of drug-likeness (QED) is 0.547. The summed E-state index contributed by atoms with van der Waals surface area (Å²) in [5.74, 6) is -0.0469. The van der Waals surface area contributed by atoms with E-state index in [2.05, 4.69) is 9.97 Å². The highest BCUT2D eigenvalue weighted by molar-refractivity contribution is 6.10. The third-order valence-corrected chi connectivity index (χ3v) is 3.63. The second-order valence-electron chi connectivity index (χ2n) is 4.95. The van der Waals surface area contributed by atoms with Gasteiger partial charge in [-0.25, -0.2) is 9.37 Å². The van der Waals surface area contributed by atoms with Gasteiger partial charge in [0.2, 0.25) is 0 Å². The van der Waals surface area contributed by atoms with E-state index >= 15 is 0 Å². The fourth-order valence-electron chi connectivity index (χ4n) is 2.61. The van der Waals surface area contributed by atoms with E-state index in [0.29, 0.717) is 0 Å². The number of aromatic nitrogens is 2. The summed E-state index contributed by atoms with van der Waals surface area (Å²) < 4.78 is 13.0. The Bertz CT molecular complexity index is 958. The van der Waals surface area contributed by atoms with Gasteiger partial charge in [-0.3, -0.25) is 0 Å². The van der Waals surface area contributed by atoms with Crippen LogP contribution in [0.2, 0.25) is 0 Å². The zero-order valence-electron chi connectivity index (χ0n) is 11.0. The van der Waals surface area contributed by atoms with Crippen LogP contribution in [0.15, 0.2) is 54.7 Å². The molecule has 2 aromatic carbocycles. The molecule has 0 fully saturated rings. The Morgan fingerprint density at radius 2 is 1.81 bits per heavy atom. The topological polar surface area (TPSA) is 48.9 Å². The number of fused-ring (bicyclic) bond motifs is 3. The van der Waals surface area contributed by atoms with Crippen molar-refractivity contribution in [3.05, 3.63) is 60.5 Å². The molecular weight excluding hydrogens is 267 g/mol. The van der Waals surface area contributed by atoms with Crippen molar-refractivity contribution in [2.75, 3.05) is 0 Å². The number of phenolic OH excluding ortho intramolecular Hbond substituents is 1. The molecule has 2 aromatic heterocycles. The van der Waals surface area contributed by atoms with Crippen molar-refractivity contribution in [2.45, 2.75) is 0 Å². The second kappa shape index (κ2) is 4.31. The van der Waals surface area contributed by atoms with Crippen molar-refractivity contribution >= 4 is 21.9 Å². The van der Waals surface area contributed by atoms with Gasteiger partial charge < -0.3 is 10.1 Å². The number of aromatic hydroxyl groups is 1. The molecule has 0 spiro atoms. The van der Waals surface area contributed by atoms with Crippen molar-refractivity contribution < 1.29 is 9.50 Å². The van der Waals surface area contributed by atoms with Crippen molar-refractivity contribution in [2.24, 2.45) is 0 Å². The Morgan fingerprint density at radius 3 is 2.62 bits per heavy atom. The molecule has 0 radical (unpaired) electrons. The molecule has 0 aliphatic rings. The molecule has 0 aliphatic carbocycles. The normalized spacial score (nSPS) is 11.3. The average molecular weight is 278 g/mol. The first-order valence-corrected chi connectivity index (χ1v) is 6.58. The molecule has 2 heterocycles. The minimum absolute atomic E-state index is 0.219. The third kappa shape index (κ3) is 1.84. The SMILES string of the molecule is Oc1cccc2[nH]c3ncc(-c4ccc(F)cc4)cc3c12. The molecule has 0 saturated carbocycles. The second-order valence-corrected chi connectivity index (χ2v) is 4.95. The first-order chi connectivity index (χ1) is 10.2. The molecule has 2 N–H and O–H groups in total. The molecule has 21 heavy (non-hydrogen) atoms. The average Bonchev–Trinajstić information content (AvgIpc) is 2.87. The Kier molecular flexibility index (Phi) is 2.44. The molecule has 0 atom stereocenters. The molecular formula is C17H11FN2O. The monoisotopic (exact) mass is 278 g/mol. The van der Waals surface area contributed by atoms with Gasteiger partial charge in [0.05, 0.1) is 10.9 Å². The van der Waals surface area contributed by atoms with E-state index in [1.54, 1.807) is 30.5 Å². The lowest BCUT2D eigenvalue weighted by Gasteiger charge is -2.02. The Hall–Kier alpha value is -2.88. The third-order valence-electron chi connectivity index (χ3n) is 3.63. The van der Waals surface area contributed by atoms with Crippen molar-refractivity contribution in [1.82, 2.24) is 9.97 Å². The molecule has 4 aromatic rings. The van der Waals surface area contributed by atoms with Crippen LogP contribution in [0.25, 0.3) is 33.1 Å². The van der Waals surface area contributed by atoms with Crippen LogP contribution in [0.5, 0.6) is 5.75 Å². The lowest BCUT2D eigenvalue weighted by Crippen LogP contribution is -1.82. The largest absolute Gasteiger partial charge is 0.507 e. The Balaban J connectivity index is 2.00. The van der Waals surface area contributed by atoms with E-state index in [1.165, 1.54) is 12.1 Å². The van der Waals surface area contributed by atoms with E-state index < -0.39 is 0 Å². The van der Waals surface area contributed by atoms with Gasteiger partial charge >= 0.3 is 0 Å². The molecule has 4 rings (SSSR count). The number of aromatic amines is 1. The highest BCUT2D eigenvalue weighted by atomic mass is 19.1. The van der Waals surface area contributed by atoms with Crippen LogP contribution in [-0.4, -0.2) is 15.1 Å². The molecule has 0 saturated heterocycles. The molecule has 4 heteroatoms. The number of nitrogens with one attached hydrogen (secondary N) is 1. The zero-order chi connectivity index (χ0) is 14.4. The lowest BCUT2D eigenvalue weighted by molar-refractivity contribution is 0.482.